The standard InChI is InChI=1S/C19H16N2O4S/c1-24-17-9-13(10-22)7-8-16(17)25-11-18(23)21-19-20-15(12-26-19)14-5-3-2-4-6-14/h2-10,12H,11H2,1H3,(H,20,21,23). The molecule has 0 saturated carbocycles. The van der Waals surface area contributed by atoms with Gasteiger partial charge in [0.15, 0.2) is 23.2 Å². The lowest BCUT2D eigenvalue weighted by atomic mass is 10.2. The first-order valence-corrected chi connectivity index (χ1v) is 8.64. The summed E-state index contributed by atoms with van der Waals surface area (Å²) >= 11 is 1.34. The molecule has 3 rings (SSSR count). The van der Waals surface area contributed by atoms with Gasteiger partial charge < -0.3 is 9.47 Å². The number of aromatic nitrogens is 1. The van der Waals surface area contributed by atoms with Crippen LogP contribution >= 0.6 is 11.3 Å². The van der Waals surface area contributed by atoms with Crippen molar-refractivity contribution in [2.45, 2.75) is 0 Å². The van der Waals surface area contributed by atoms with E-state index in [-0.39, 0.29) is 12.5 Å². The topological polar surface area (TPSA) is 77.5 Å². The van der Waals surface area contributed by atoms with E-state index in [0.29, 0.717) is 28.5 Å². The first-order valence-electron chi connectivity index (χ1n) is 7.76. The average molecular weight is 368 g/mol. The van der Waals surface area contributed by atoms with Gasteiger partial charge in [0, 0.05) is 16.5 Å². The van der Waals surface area contributed by atoms with Gasteiger partial charge in [0.25, 0.3) is 5.91 Å². The molecule has 0 bridgehead atoms. The number of thiazole rings is 1. The first-order chi connectivity index (χ1) is 12.7. The number of carbonyl (C=O) groups is 2. The molecule has 7 heteroatoms. The third-order valence-corrected chi connectivity index (χ3v) is 4.26. The number of amides is 1. The molecule has 1 amide bonds. The Balaban J connectivity index is 1.60. The summed E-state index contributed by atoms with van der Waals surface area (Å²) in [7, 11) is 1.47. The summed E-state index contributed by atoms with van der Waals surface area (Å²) in [5.74, 6) is 0.445. The summed E-state index contributed by atoms with van der Waals surface area (Å²) in [6, 6.07) is 14.5. The number of hydrogen-bond acceptors (Lipinski definition) is 6. The smallest absolute Gasteiger partial charge is 0.264 e. The predicted octanol–water partition coefficient (Wildman–Crippen LogP) is 3.65. The van der Waals surface area contributed by atoms with E-state index in [1.807, 2.05) is 35.7 Å². The monoisotopic (exact) mass is 368 g/mol. The predicted molar refractivity (Wildman–Crippen MR) is 100 cm³/mol. The third kappa shape index (κ3) is 4.25. The molecule has 0 fully saturated rings. The molecule has 0 unspecified atom stereocenters. The molecule has 0 aliphatic heterocycles. The van der Waals surface area contributed by atoms with Crippen molar-refractivity contribution in [2.75, 3.05) is 19.0 Å². The van der Waals surface area contributed by atoms with Crippen LogP contribution in [0.3, 0.4) is 0 Å². The zero-order valence-corrected chi connectivity index (χ0v) is 14.8. The molecule has 0 aliphatic rings. The van der Waals surface area contributed by atoms with Crippen LogP contribution in [0.5, 0.6) is 11.5 Å². The molecule has 2 aromatic carbocycles. The number of hydrogen-bond donors (Lipinski definition) is 1. The zero-order chi connectivity index (χ0) is 18.4. The fourth-order valence-corrected chi connectivity index (χ4v) is 2.98. The van der Waals surface area contributed by atoms with Crippen LogP contribution in [0.1, 0.15) is 10.4 Å². The van der Waals surface area contributed by atoms with E-state index >= 15 is 0 Å². The van der Waals surface area contributed by atoms with Gasteiger partial charge in [-0.25, -0.2) is 4.98 Å². The van der Waals surface area contributed by atoms with Crippen LogP contribution < -0.4 is 14.8 Å². The van der Waals surface area contributed by atoms with Crippen molar-refractivity contribution >= 4 is 28.7 Å². The number of carbonyl (C=O) groups excluding carboxylic acids is 2. The van der Waals surface area contributed by atoms with Gasteiger partial charge in [-0.3, -0.25) is 14.9 Å². The highest BCUT2D eigenvalue weighted by Gasteiger charge is 2.11. The van der Waals surface area contributed by atoms with Crippen LogP contribution in [0.25, 0.3) is 11.3 Å². The van der Waals surface area contributed by atoms with Gasteiger partial charge in [0.1, 0.15) is 6.29 Å². The summed E-state index contributed by atoms with van der Waals surface area (Å²) < 4.78 is 10.6. The number of nitrogens with zero attached hydrogens (tertiary/aromatic N) is 1. The second-order valence-corrected chi connectivity index (χ2v) is 6.13. The van der Waals surface area contributed by atoms with Gasteiger partial charge in [-0.05, 0) is 18.2 Å². The highest BCUT2D eigenvalue weighted by atomic mass is 32.1. The molecular weight excluding hydrogens is 352 g/mol. The Kier molecular flexibility index (Phi) is 5.60. The largest absolute Gasteiger partial charge is 0.493 e. The van der Waals surface area contributed by atoms with Gasteiger partial charge in [0.2, 0.25) is 0 Å². The Hall–Kier alpha value is -3.19. The van der Waals surface area contributed by atoms with Crippen molar-refractivity contribution in [3.63, 3.8) is 0 Å². The maximum absolute atomic E-state index is 12.1. The SMILES string of the molecule is COc1cc(C=O)ccc1OCC(=O)Nc1nc(-c2ccccc2)cs1. The van der Waals surface area contributed by atoms with Crippen molar-refractivity contribution in [3.8, 4) is 22.8 Å². The van der Waals surface area contributed by atoms with E-state index in [4.69, 9.17) is 9.47 Å². The Morgan fingerprint density at radius 2 is 2.00 bits per heavy atom. The molecule has 0 spiro atoms. The van der Waals surface area contributed by atoms with Crippen molar-refractivity contribution < 1.29 is 19.1 Å². The molecular formula is C19H16N2O4S. The number of aldehydes is 1. The summed E-state index contributed by atoms with van der Waals surface area (Å²) in [4.78, 5) is 27.3. The van der Waals surface area contributed by atoms with E-state index in [2.05, 4.69) is 10.3 Å². The van der Waals surface area contributed by atoms with Gasteiger partial charge in [-0.15, -0.1) is 11.3 Å². The lowest BCUT2D eigenvalue weighted by Crippen LogP contribution is -2.20. The molecule has 0 radical (unpaired) electrons. The third-order valence-electron chi connectivity index (χ3n) is 3.50. The van der Waals surface area contributed by atoms with Crippen molar-refractivity contribution in [3.05, 3.63) is 59.5 Å². The fraction of sp³-hybridized carbons (Fsp3) is 0.105. The van der Waals surface area contributed by atoms with E-state index in [9.17, 15) is 9.59 Å². The maximum Gasteiger partial charge on any atom is 0.264 e. The van der Waals surface area contributed by atoms with Gasteiger partial charge >= 0.3 is 0 Å². The number of methoxy groups -OCH3 is 1. The van der Waals surface area contributed by atoms with Crippen LogP contribution in [0.4, 0.5) is 5.13 Å². The Labute approximate surface area is 154 Å². The van der Waals surface area contributed by atoms with E-state index < -0.39 is 0 Å². The van der Waals surface area contributed by atoms with Crippen LogP contribution in [0.2, 0.25) is 0 Å². The summed E-state index contributed by atoms with van der Waals surface area (Å²) in [6.07, 6.45) is 0.714. The Bertz CT molecular complexity index is 909. The van der Waals surface area contributed by atoms with Gasteiger partial charge in [-0.1, -0.05) is 30.3 Å². The molecule has 3 aromatic rings. The van der Waals surface area contributed by atoms with Gasteiger partial charge in [0.05, 0.1) is 12.8 Å². The minimum atomic E-state index is -0.333. The average Bonchev–Trinajstić information content (AvgIpc) is 3.15. The molecule has 0 aliphatic carbocycles. The normalized spacial score (nSPS) is 10.2. The number of benzene rings is 2. The number of anilines is 1. The summed E-state index contributed by atoms with van der Waals surface area (Å²) in [6.45, 7) is -0.197. The van der Waals surface area contributed by atoms with Crippen molar-refractivity contribution in [1.29, 1.82) is 0 Å². The second-order valence-electron chi connectivity index (χ2n) is 5.27. The second kappa shape index (κ2) is 8.26. The van der Waals surface area contributed by atoms with Crippen molar-refractivity contribution in [2.24, 2.45) is 0 Å². The first kappa shape index (κ1) is 17.6. The lowest BCUT2D eigenvalue weighted by molar-refractivity contribution is -0.118. The van der Waals surface area contributed by atoms with Crippen LogP contribution in [0, 0.1) is 0 Å². The van der Waals surface area contributed by atoms with Crippen LogP contribution in [-0.4, -0.2) is 30.9 Å². The summed E-state index contributed by atoms with van der Waals surface area (Å²) in [5, 5.41) is 5.09. The van der Waals surface area contributed by atoms with E-state index in [1.54, 1.807) is 18.2 Å². The Morgan fingerprint density at radius 3 is 2.73 bits per heavy atom. The molecule has 1 aromatic heterocycles. The zero-order valence-electron chi connectivity index (χ0n) is 14.0. The molecule has 6 nitrogen and oxygen atoms in total. The Morgan fingerprint density at radius 1 is 1.19 bits per heavy atom. The van der Waals surface area contributed by atoms with Gasteiger partial charge in [-0.2, -0.15) is 0 Å². The fourth-order valence-electron chi connectivity index (χ4n) is 2.25. The highest BCUT2D eigenvalue weighted by Crippen LogP contribution is 2.28. The quantitative estimate of drug-likeness (QED) is 0.644. The molecule has 0 saturated heterocycles. The summed E-state index contributed by atoms with van der Waals surface area (Å²) in [5.41, 5.74) is 2.26. The molecule has 0 atom stereocenters. The van der Waals surface area contributed by atoms with E-state index in [1.165, 1.54) is 18.4 Å². The minimum Gasteiger partial charge on any atom is -0.493 e. The molecule has 132 valence electrons. The lowest BCUT2D eigenvalue weighted by Gasteiger charge is -2.10. The van der Waals surface area contributed by atoms with E-state index in [0.717, 1.165) is 11.3 Å². The maximum atomic E-state index is 12.1. The van der Waals surface area contributed by atoms with Crippen LogP contribution in [0.15, 0.2) is 53.9 Å². The number of rotatable bonds is 7. The number of ether oxygens (including phenoxy) is 2. The minimum absolute atomic E-state index is 0.197. The molecule has 26 heavy (non-hydrogen) atoms. The molecule has 1 N–H and O–H groups in total. The molecule has 1 heterocycles. The highest BCUT2D eigenvalue weighted by molar-refractivity contribution is 7.14. The number of nitrogens with one attached hydrogen (secondary N) is 1. The van der Waals surface area contributed by atoms with Crippen molar-refractivity contribution in [1.82, 2.24) is 4.98 Å². The van der Waals surface area contributed by atoms with Crippen LogP contribution in [-0.2, 0) is 4.79 Å².